The number of methoxy groups -OCH3 is 2. The van der Waals surface area contributed by atoms with Crippen molar-refractivity contribution in [2.75, 3.05) is 20.8 Å². The van der Waals surface area contributed by atoms with Crippen LogP contribution in [0.1, 0.15) is 19.4 Å². The van der Waals surface area contributed by atoms with E-state index in [1.165, 1.54) is 7.11 Å². The maximum atomic E-state index is 12.1. The number of carbonyl (C=O) groups is 2. The summed E-state index contributed by atoms with van der Waals surface area (Å²) in [5.74, 6) is 0.674. The average Bonchev–Trinajstić information content (AvgIpc) is 2.48. The van der Waals surface area contributed by atoms with Crippen molar-refractivity contribution in [1.82, 2.24) is 10.6 Å². The Morgan fingerprint density at radius 1 is 1.23 bits per heavy atom. The fourth-order valence-corrected chi connectivity index (χ4v) is 2.35. The third-order valence-electron chi connectivity index (χ3n) is 3.03. The Balaban J connectivity index is 2.78. The van der Waals surface area contributed by atoms with E-state index in [1.54, 1.807) is 26.2 Å². The van der Waals surface area contributed by atoms with E-state index in [1.807, 2.05) is 6.92 Å². The second-order valence-corrected chi connectivity index (χ2v) is 5.51. The number of halogens is 1. The van der Waals surface area contributed by atoms with Gasteiger partial charge in [0.25, 0.3) is 0 Å². The molecule has 0 radical (unpaired) electrons. The Labute approximate surface area is 138 Å². The van der Waals surface area contributed by atoms with Crippen LogP contribution in [0.3, 0.4) is 0 Å². The molecule has 0 spiro atoms. The normalized spacial score (nSPS) is 11.5. The number of rotatable bonds is 7. The molecule has 2 amide bonds. The lowest BCUT2D eigenvalue weighted by Gasteiger charge is -2.15. The molecule has 6 nitrogen and oxygen atoms in total. The molecule has 0 fully saturated rings. The zero-order valence-electron chi connectivity index (χ0n) is 13.2. The number of nitrogens with one attached hydrogen (secondary N) is 2. The van der Waals surface area contributed by atoms with Crippen LogP contribution in [0.25, 0.3) is 0 Å². The monoisotopic (exact) mass is 372 g/mol. The minimum atomic E-state index is -0.577. The maximum Gasteiger partial charge on any atom is 0.242 e. The number of likely N-dealkylation sites (N-methyl/N-ethyl adjacent to an activating group) is 1. The molecular weight excluding hydrogens is 352 g/mol. The molecule has 1 aromatic carbocycles. The summed E-state index contributed by atoms with van der Waals surface area (Å²) in [6.45, 7) is 4.00. The molecule has 0 aliphatic heterocycles. The molecule has 22 heavy (non-hydrogen) atoms. The van der Waals surface area contributed by atoms with E-state index in [9.17, 15) is 9.59 Å². The predicted molar refractivity (Wildman–Crippen MR) is 87.2 cm³/mol. The van der Waals surface area contributed by atoms with E-state index >= 15 is 0 Å². The first kappa shape index (κ1) is 18.3. The van der Waals surface area contributed by atoms with E-state index in [4.69, 9.17) is 9.47 Å². The Morgan fingerprint density at radius 3 is 2.36 bits per heavy atom. The number of ether oxygens (including phenoxy) is 2. The topological polar surface area (TPSA) is 76.7 Å². The summed E-state index contributed by atoms with van der Waals surface area (Å²) in [7, 11) is 3.08. The molecule has 1 aromatic rings. The van der Waals surface area contributed by atoms with Gasteiger partial charge in [0.2, 0.25) is 11.8 Å². The summed E-state index contributed by atoms with van der Waals surface area (Å²) in [6.07, 6.45) is 0.130. The van der Waals surface area contributed by atoms with Gasteiger partial charge in [-0.15, -0.1) is 0 Å². The molecule has 0 heterocycles. The van der Waals surface area contributed by atoms with Crippen LogP contribution in [0, 0.1) is 0 Å². The molecule has 0 aliphatic carbocycles. The standard InChI is InChI=1S/C15H21BrN2O4/c1-5-17-15(20)9(2)18-14(19)7-10-6-12(21-3)13(22-4)8-11(10)16/h6,8-9H,5,7H2,1-4H3,(H,17,20)(H,18,19)/t9-/m0/s1. The first-order chi connectivity index (χ1) is 10.4. The summed E-state index contributed by atoms with van der Waals surface area (Å²) >= 11 is 3.40. The molecule has 7 heteroatoms. The van der Waals surface area contributed by atoms with Crippen molar-refractivity contribution in [3.05, 3.63) is 22.2 Å². The van der Waals surface area contributed by atoms with Crippen molar-refractivity contribution in [1.29, 1.82) is 0 Å². The van der Waals surface area contributed by atoms with Crippen molar-refractivity contribution < 1.29 is 19.1 Å². The van der Waals surface area contributed by atoms with Crippen molar-refractivity contribution in [3.63, 3.8) is 0 Å². The van der Waals surface area contributed by atoms with Crippen LogP contribution >= 0.6 is 15.9 Å². The van der Waals surface area contributed by atoms with Gasteiger partial charge >= 0.3 is 0 Å². The van der Waals surface area contributed by atoms with Crippen LogP contribution in [-0.2, 0) is 16.0 Å². The zero-order chi connectivity index (χ0) is 16.7. The summed E-state index contributed by atoms with van der Waals surface area (Å²) in [5, 5.41) is 5.32. The molecule has 0 saturated heterocycles. The van der Waals surface area contributed by atoms with Crippen molar-refractivity contribution >= 4 is 27.7 Å². The van der Waals surface area contributed by atoms with Gasteiger partial charge in [-0.3, -0.25) is 9.59 Å². The lowest BCUT2D eigenvalue weighted by Crippen LogP contribution is -2.45. The molecule has 0 aromatic heterocycles. The molecule has 1 rings (SSSR count). The van der Waals surface area contributed by atoms with Crippen molar-refractivity contribution in [3.8, 4) is 11.5 Å². The van der Waals surface area contributed by atoms with Gasteiger partial charge in [0.05, 0.1) is 20.6 Å². The van der Waals surface area contributed by atoms with Crippen LogP contribution in [-0.4, -0.2) is 38.6 Å². The fraction of sp³-hybridized carbons (Fsp3) is 0.467. The average molecular weight is 373 g/mol. The number of amides is 2. The van der Waals surface area contributed by atoms with Crippen molar-refractivity contribution in [2.45, 2.75) is 26.3 Å². The third kappa shape index (κ3) is 4.91. The van der Waals surface area contributed by atoms with Gasteiger partial charge in [0.1, 0.15) is 6.04 Å². The predicted octanol–water partition coefficient (Wildman–Crippen LogP) is 1.65. The summed E-state index contributed by atoms with van der Waals surface area (Å²) < 4.78 is 11.2. The highest BCUT2D eigenvalue weighted by atomic mass is 79.9. The molecule has 2 N–H and O–H groups in total. The van der Waals surface area contributed by atoms with Crippen LogP contribution < -0.4 is 20.1 Å². The first-order valence-electron chi connectivity index (χ1n) is 6.90. The smallest absolute Gasteiger partial charge is 0.242 e. The molecule has 0 bridgehead atoms. The Morgan fingerprint density at radius 2 is 1.82 bits per heavy atom. The Hall–Kier alpha value is -1.76. The minimum Gasteiger partial charge on any atom is -0.493 e. The lowest BCUT2D eigenvalue weighted by molar-refractivity contribution is -0.128. The first-order valence-corrected chi connectivity index (χ1v) is 7.69. The van der Waals surface area contributed by atoms with E-state index in [2.05, 4.69) is 26.6 Å². The van der Waals surface area contributed by atoms with Gasteiger partial charge in [-0.1, -0.05) is 15.9 Å². The highest BCUT2D eigenvalue weighted by molar-refractivity contribution is 9.10. The molecule has 0 unspecified atom stereocenters. The molecule has 0 saturated carbocycles. The van der Waals surface area contributed by atoms with E-state index in [-0.39, 0.29) is 18.2 Å². The minimum absolute atomic E-state index is 0.130. The highest BCUT2D eigenvalue weighted by Crippen LogP contribution is 2.33. The van der Waals surface area contributed by atoms with Gasteiger partial charge in [-0.25, -0.2) is 0 Å². The number of hydrogen-bond acceptors (Lipinski definition) is 4. The van der Waals surface area contributed by atoms with E-state index < -0.39 is 6.04 Å². The number of hydrogen-bond donors (Lipinski definition) is 2. The summed E-state index contributed by atoms with van der Waals surface area (Å²) in [5.41, 5.74) is 0.748. The summed E-state index contributed by atoms with van der Waals surface area (Å²) in [4.78, 5) is 23.7. The summed E-state index contributed by atoms with van der Waals surface area (Å²) in [6, 6.07) is 2.90. The van der Waals surface area contributed by atoms with Crippen LogP contribution in [0.2, 0.25) is 0 Å². The van der Waals surface area contributed by atoms with Crippen LogP contribution in [0.4, 0.5) is 0 Å². The second kappa shape index (κ2) is 8.63. The molecule has 0 aliphatic rings. The lowest BCUT2D eigenvalue weighted by atomic mass is 10.1. The fourth-order valence-electron chi connectivity index (χ4n) is 1.89. The van der Waals surface area contributed by atoms with Gasteiger partial charge < -0.3 is 20.1 Å². The van der Waals surface area contributed by atoms with Gasteiger partial charge in [0, 0.05) is 11.0 Å². The third-order valence-corrected chi connectivity index (χ3v) is 3.76. The van der Waals surface area contributed by atoms with Gasteiger partial charge in [0.15, 0.2) is 11.5 Å². The molecular formula is C15H21BrN2O4. The van der Waals surface area contributed by atoms with Crippen molar-refractivity contribution in [2.24, 2.45) is 0 Å². The Bertz CT molecular complexity index is 549. The Kier molecular flexibility index (Phi) is 7.17. The van der Waals surface area contributed by atoms with Gasteiger partial charge in [-0.2, -0.15) is 0 Å². The largest absolute Gasteiger partial charge is 0.493 e. The molecule has 122 valence electrons. The second-order valence-electron chi connectivity index (χ2n) is 4.66. The van der Waals surface area contributed by atoms with Gasteiger partial charge in [-0.05, 0) is 31.5 Å². The van der Waals surface area contributed by atoms with E-state index in [0.29, 0.717) is 18.0 Å². The maximum absolute atomic E-state index is 12.1. The quantitative estimate of drug-likeness (QED) is 0.762. The van der Waals surface area contributed by atoms with Crippen LogP contribution in [0.15, 0.2) is 16.6 Å². The highest BCUT2D eigenvalue weighted by Gasteiger charge is 2.17. The van der Waals surface area contributed by atoms with E-state index in [0.717, 1.165) is 10.0 Å². The van der Waals surface area contributed by atoms with Crippen LogP contribution in [0.5, 0.6) is 11.5 Å². The number of carbonyl (C=O) groups excluding carboxylic acids is 2. The number of benzene rings is 1. The zero-order valence-corrected chi connectivity index (χ0v) is 14.7. The molecule has 1 atom stereocenters. The SMILES string of the molecule is CCNC(=O)[C@H](C)NC(=O)Cc1cc(OC)c(OC)cc1Br.